The van der Waals surface area contributed by atoms with Crippen LogP contribution in [0, 0.1) is 0 Å². The topological polar surface area (TPSA) is 34.1 Å². The normalized spacial score (nSPS) is 11.4. The van der Waals surface area contributed by atoms with E-state index in [2.05, 4.69) is 6.58 Å². The molecule has 76 valence electrons. The molecule has 0 radical (unpaired) electrons. The molecule has 0 unspecified atom stereocenters. The molecule has 14 heavy (non-hydrogen) atoms. The summed E-state index contributed by atoms with van der Waals surface area (Å²) in [7, 11) is 1.31. The molecule has 0 aliphatic heterocycles. The van der Waals surface area contributed by atoms with Gasteiger partial charge in [-0.2, -0.15) is 0 Å². The van der Waals surface area contributed by atoms with Crippen molar-refractivity contribution in [3.05, 3.63) is 34.3 Å². The summed E-state index contributed by atoms with van der Waals surface area (Å²) >= 11 is 11.4. The Morgan fingerprint density at radius 1 is 1.29 bits per heavy atom. The number of hydrogen-bond acceptors (Lipinski definition) is 2. The molecule has 0 amide bonds. The van der Waals surface area contributed by atoms with Gasteiger partial charge in [0.15, 0.2) is 0 Å². The van der Waals surface area contributed by atoms with Crippen molar-refractivity contribution in [1.82, 2.24) is 0 Å². The molecule has 1 rings (SSSR count). The van der Waals surface area contributed by atoms with E-state index in [9.17, 15) is 8.42 Å². The maximum atomic E-state index is 11.1. The Morgan fingerprint density at radius 3 is 2.29 bits per heavy atom. The molecule has 0 spiro atoms. The van der Waals surface area contributed by atoms with Crippen molar-refractivity contribution in [3.8, 4) is 0 Å². The van der Waals surface area contributed by atoms with Crippen molar-refractivity contribution in [2.24, 2.45) is 0 Å². The zero-order valence-electron chi connectivity index (χ0n) is 6.80. The lowest BCUT2D eigenvalue weighted by Crippen LogP contribution is -1.95. The molecule has 0 fully saturated rings. The van der Waals surface area contributed by atoms with E-state index in [1.54, 1.807) is 0 Å². The predicted octanol–water partition coefficient (Wildman–Crippen LogP) is 3.56. The van der Waals surface area contributed by atoms with Crippen LogP contribution in [0.2, 0.25) is 10.0 Å². The molecule has 0 aromatic heterocycles. The van der Waals surface area contributed by atoms with Gasteiger partial charge in [0, 0.05) is 15.7 Å². The molecule has 0 saturated carbocycles. The van der Waals surface area contributed by atoms with Crippen LogP contribution in [0.4, 0.5) is 0 Å². The lowest BCUT2D eigenvalue weighted by Gasteiger charge is -2.05. The number of benzene rings is 1. The maximum Gasteiger partial charge on any atom is 0.263 e. The first-order valence-corrected chi connectivity index (χ1v) is 6.49. The van der Waals surface area contributed by atoms with Gasteiger partial charge in [-0.25, -0.2) is 8.42 Å². The Hall–Kier alpha value is -0.220. The second kappa shape index (κ2) is 4.11. The molecule has 6 heteroatoms. The van der Waals surface area contributed by atoms with Gasteiger partial charge in [0.2, 0.25) is 0 Å². The average molecular weight is 272 g/mol. The summed E-state index contributed by atoms with van der Waals surface area (Å²) in [5.74, 6) is 0. The largest absolute Gasteiger partial charge is 0.263 e. The smallest absolute Gasteiger partial charge is 0.207 e. The third-order valence-electron chi connectivity index (χ3n) is 1.50. The van der Waals surface area contributed by atoms with E-state index in [0.29, 0.717) is 5.02 Å². The van der Waals surface area contributed by atoms with Crippen molar-refractivity contribution in [2.45, 2.75) is 4.90 Å². The first-order valence-electron chi connectivity index (χ1n) is 3.42. The van der Waals surface area contributed by atoms with Gasteiger partial charge in [-0.05, 0) is 17.7 Å². The molecule has 0 bridgehead atoms. The van der Waals surface area contributed by atoms with Crippen molar-refractivity contribution < 1.29 is 8.42 Å². The molecule has 0 saturated heterocycles. The Labute approximate surface area is 96.5 Å². The number of halogens is 3. The summed E-state index contributed by atoms with van der Waals surface area (Å²) in [6.45, 7) is 3.45. The Morgan fingerprint density at radius 2 is 1.86 bits per heavy atom. The minimum absolute atomic E-state index is 0.0117. The number of hydrogen-bond donors (Lipinski definition) is 0. The molecule has 1 aromatic carbocycles. The van der Waals surface area contributed by atoms with E-state index < -0.39 is 9.05 Å². The van der Waals surface area contributed by atoms with Crippen LogP contribution in [0.25, 0.3) is 6.08 Å². The second-order valence-corrected chi connectivity index (χ2v) is 5.79. The average Bonchev–Trinajstić information content (AvgIpc) is 1.99. The van der Waals surface area contributed by atoms with Crippen molar-refractivity contribution >= 4 is 49.0 Å². The minimum atomic E-state index is -3.88. The molecule has 2 nitrogen and oxygen atoms in total. The van der Waals surface area contributed by atoms with Crippen LogP contribution in [0.1, 0.15) is 5.56 Å². The predicted molar refractivity (Wildman–Crippen MR) is 59.6 cm³/mol. The van der Waals surface area contributed by atoms with Gasteiger partial charge in [0.1, 0.15) is 4.90 Å². The van der Waals surface area contributed by atoms with E-state index in [4.69, 9.17) is 33.9 Å². The standard InChI is InChI=1S/C8H5Cl3O2S/c1-2-5-3-6(9)4-7(10)8(5)14(11,12)13/h2-4H,1H2. The van der Waals surface area contributed by atoms with Crippen LogP contribution < -0.4 is 0 Å². The molecule has 0 aliphatic rings. The van der Waals surface area contributed by atoms with Crippen LogP contribution in [0.5, 0.6) is 0 Å². The molecule has 0 atom stereocenters. The fourth-order valence-electron chi connectivity index (χ4n) is 0.989. The van der Waals surface area contributed by atoms with Gasteiger partial charge in [-0.3, -0.25) is 0 Å². The zero-order chi connectivity index (χ0) is 10.9. The second-order valence-electron chi connectivity index (χ2n) is 2.45. The summed E-state index contributed by atoms with van der Waals surface area (Å²) in [6, 6.07) is 2.74. The van der Waals surface area contributed by atoms with Gasteiger partial charge in [-0.1, -0.05) is 35.9 Å². The quantitative estimate of drug-likeness (QED) is 0.771. The third kappa shape index (κ3) is 2.42. The van der Waals surface area contributed by atoms with Gasteiger partial charge < -0.3 is 0 Å². The van der Waals surface area contributed by atoms with Crippen LogP contribution in [0.3, 0.4) is 0 Å². The minimum Gasteiger partial charge on any atom is -0.207 e. The molecule has 1 aromatic rings. The highest BCUT2D eigenvalue weighted by atomic mass is 35.7. The summed E-state index contributed by atoms with van der Waals surface area (Å²) < 4.78 is 22.3. The van der Waals surface area contributed by atoms with E-state index in [0.717, 1.165) is 0 Å². The molecule has 0 aliphatic carbocycles. The molecular formula is C8H5Cl3O2S. The first kappa shape index (κ1) is 11.9. The fraction of sp³-hybridized carbons (Fsp3) is 0. The van der Waals surface area contributed by atoms with Crippen LogP contribution in [0.15, 0.2) is 23.6 Å². The van der Waals surface area contributed by atoms with Crippen molar-refractivity contribution in [2.75, 3.05) is 0 Å². The SMILES string of the molecule is C=Cc1cc(Cl)cc(Cl)c1S(=O)(=O)Cl. The summed E-state index contributed by atoms with van der Waals surface area (Å²) in [5, 5.41) is 0.316. The van der Waals surface area contributed by atoms with Gasteiger partial charge in [0.25, 0.3) is 9.05 Å². The molecular weight excluding hydrogens is 267 g/mol. The lowest BCUT2D eigenvalue weighted by atomic mass is 10.2. The van der Waals surface area contributed by atoms with Crippen molar-refractivity contribution in [3.63, 3.8) is 0 Å². The molecule has 0 heterocycles. The van der Waals surface area contributed by atoms with Crippen LogP contribution in [-0.2, 0) is 9.05 Å². The zero-order valence-corrected chi connectivity index (χ0v) is 9.88. The van der Waals surface area contributed by atoms with Gasteiger partial charge in [0.05, 0.1) is 5.02 Å². The highest BCUT2D eigenvalue weighted by Gasteiger charge is 2.19. The van der Waals surface area contributed by atoms with E-state index >= 15 is 0 Å². The lowest BCUT2D eigenvalue weighted by molar-refractivity contribution is 0.609. The first-order chi connectivity index (χ1) is 6.36. The van der Waals surface area contributed by atoms with E-state index in [1.807, 2.05) is 0 Å². The fourth-order valence-corrected chi connectivity index (χ4v) is 3.15. The number of rotatable bonds is 2. The van der Waals surface area contributed by atoms with Crippen molar-refractivity contribution in [1.29, 1.82) is 0 Å². The van der Waals surface area contributed by atoms with E-state index in [-0.39, 0.29) is 15.5 Å². The summed E-state index contributed by atoms with van der Waals surface area (Å²) in [6.07, 6.45) is 1.33. The highest BCUT2D eigenvalue weighted by Crippen LogP contribution is 2.32. The Balaban J connectivity index is 3.65. The van der Waals surface area contributed by atoms with Gasteiger partial charge >= 0.3 is 0 Å². The highest BCUT2D eigenvalue weighted by molar-refractivity contribution is 8.13. The summed E-state index contributed by atoms with van der Waals surface area (Å²) in [5.41, 5.74) is 0.289. The Bertz CT molecular complexity index is 480. The molecule has 0 N–H and O–H groups in total. The maximum absolute atomic E-state index is 11.1. The third-order valence-corrected chi connectivity index (χ3v) is 3.54. The van der Waals surface area contributed by atoms with Crippen LogP contribution >= 0.6 is 33.9 Å². The summed E-state index contributed by atoms with van der Waals surface area (Å²) in [4.78, 5) is -0.166. The van der Waals surface area contributed by atoms with Gasteiger partial charge in [-0.15, -0.1) is 0 Å². The van der Waals surface area contributed by atoms with Crippen LogP contribution in [-0.4, -0.2) is 8.42 Å². The van der Waals surface area contributed by atoms with E-state index in [1.165, 1.54) is 18.2 Å². The Kier molecular flexibility index (Phi) is 3.48. The monoisotopic (exact) mass is 270 g/mol.